The topological polar surface area (TPSA) is 64.7 Å². The lowest BCUT2D eigenvalue weighted by molar-refractivity contribution is -0.141. The van der Waals surface area contributed by atoms with Crippen molar-refractivity contribution in [3.05, 3.63) is 23.8 Å². The van der Waals surface area contributed by atoms with Gasteiger partial charge in [-0.3, -0.25) is 4.79 Å². The zero-order valence-electron chi connectivity index (χ0n) is 10.8. The number of hydrogen-bond acceptors (Lipinski definition) is 4. The van der Waals surface area contributed by atoms with Gasteiger partial charge in [-0.05, 0) is 24.1 Å². The molecule has 0 fully saturated rings. The largest absolute Gasteiger partial charge is 0.497 e. The van der Waals surface area contributed by atoms with E-state index in [4.69, 9.17) is 9.47 Å². The molecule has 1 atom stereocenters. The van der Waals surface area contributed by atoms with Crippen LogP contribution in [-0.4, -0.2) is 27.3 Å². The third kappa shape index (κ3) is 3.92. The third-order valence-corrected chi connectivity index (χ3v) is 2.58. The standard InChI is InChI=1S/C13H17O5/c1-16-10-6-9(7-11(8-10)17-2)12(14)4-5-13(15)18-3/h6-8,12H,4-5H2,1-3H3. The van der Waals surface area contributed by atoms with Crippen molar-refractivity contribution in [2.75, 3.05) is 21.3 Å². The van der Waals surface area contributed by atoms with E-state index >= 15 is 0 Å². The molecule has 1 aromatic carbocycles. The molecule has 99 valence electrons. The fourth-order valence-electron chi connectivity index (χ4n) is 1.53. The van der Waals surface area contributed by atoms with Crippen molar-refractivity contribution >= 4 is 5.97 Å². The van der Waals surface area contributed by atoms with E-state index in [1.807, 2.05) is 0 Å². The van der Waals surface area contributed by atoms with E-state index in [-0.39, 0.29) is 18.8 Å². The molecular formula is C13H17O5. The molecule has 0 aromatic heterocycles. The summed E-state index contributed by atoms with van der Waals surface area (Å²) in [7, 11) is 4.34. The van der Waals surface area contributed by atoms with E-state index in [2.05, 4.69) is 4.74 Å². The van der Waals surface area contributed by atoms with Gasteiger partial charge in [0.05, 0.1) is 21.3 Å². The van der Waals surface area contributed by atoms with E-state index in [9.17, 15) is 9.90 Å². The van der Waals surface area contributed by atoms with Crippen molar-refractivity contribution < 1.29 is 24.1 Å². The number of benzene rings is 1. The summed E-state index contributed by atoms with van der Waals surface area (Å²) in [6.45, 7) is 0. The summed E-state index contributed by atoms with van der Waals surface area (Å²) in [6, 6.07) is 4.99. The second kappa shape index (κ2) is 6.86. The molecule has 5 heteroatoms. The molecule has 1 rings (SSSR count). The van der Waals surface area contributed by atoms with E-state index in [1.165, 1.54) is 21.3 Å². The number of ether oxygens (including phenoxy) is 3. The van der Waals surface area contributed by atoms with Crippen LogP contribution < -0.4 is 9.47 Å². The van der Waals surface area contributed by atoms with Crippen molar-refractivity contribution in [2.45, 2.75) is 18.9 Å². The molecule has 1 aromatic rings. The van der Waals surface area contributed by atoms with Crippen LogP contribution >= 0.6 is 0 Å². The highest BCUT2D eigenvalue weighted by atomic mass is 16.5. The summed E-state index contributed by atoms with van der Waals surface area (Å²) in [4.78, 5) is 11.0. The summed E-state index contributed by atoms with van der Waals surface area (Å²) in [5, 5.41) is 12.0. The second-order valence-corrected chi connectivity index (χ2v) is 3.75. The second-order valence-electron chi connectivity index (χ2n) is 3.75. The fraction of sp³-hybridized carbons (Fsp3) is 0.462. The van der Waals surface area contributed by atoms with E-state index in [1.54, 1.807) is 18.2 Å². The molecule has 0 N–H and O–H groups in total. The lowest BCUT2D eigenvalue weighted by atomic mass is 10.0. The Balaban J connectivity index is 2.77. The number of methoxy groups -OCH3 is 3. The van der Waals surface area contributed by atoms with Gasteiger partial charge in [-0.25, -0.2) is 5.11 Å². The third-order valence-electron chi connectivity index (χ3n) is 2.58. The average molecular weight is 253 g/mol. The SMILES string of the molecule is COC(=O)CCC([O])c1cc(OC)cc(OC)c1. The zero-order chi connectivity index (χ0) is 13.5. The highest BCUT2D eigenvalue weighted by Gasteiger charge is 2.14. The van der Waals surface area contributed by atoms with E-state index in [0.717, 1.165) is 0 Å². The van der Waals surface area contributed by atoms with Crippen LogP contribution in [-0.2, 0) is 14.6 Å². The molecule has 1 unspecified atom stereocenters. The van der Waals surface area contributed by atoms with Crippen LogP contribution in [0.2, 0.25) is 0 Å². The minimum Gasteiger partial charge on any atom is -0.497 e. The monoisotopic (exact) mass is 253 g/mol. The van der Waals surface area contributed by atoms with Gasteiger partial charge in [-0.15, -0.1) is 0 Å². The molecule has 1 radical (unpaired) electrons. The smallest absolute Gasteiger partial charge is 0.305 e. The number of esters is 1. The van der Waals surface area contributed by atoms with Crippen molar-refractivity contribution in [3.63, 3.8) is 0 Å². The van der Waals surface area contributed by atoms with Gasteiger partial charge in [0.2, 0.25) is 0 Å². The Hall–Kier alpha value is -1.75. The molecule has 0 heterocycles. The minimum atomic E-state index is -1.01. The lowest BCUT2D eigenvalue weighted by Crippen LogP contribution is -2.04. The van der Waals surface area contributed by atoms with E-state index < -0.39 is 6.10 Å². The zero-order valence-corrected chi connectivity index (χ0v) is 10.8. The summed E-state index contributed by atoms with van der Waals surface area (Å²) in [6.07, 6.45) is -0.721. The van der Waals surface area contributed by atoms with Crippen molar-refractivity contribution in [1.29, 1.82) is 0 Å². The van der Waals surface area contributed by atoms with Crippen molar-refractivity contribution in [1.82, 2.24) is 0 Å². The molecular weight excluding hydrogens is 236 g/mol. The average Bonchev–Trinajstić information content (AvgIpc) is 2.43. The molecule has 0 saturated heterocycles. The molecule has 0 aliphatic heterocycles. The predicted molar refractivity (Wildman–Crippen MR) is 64.2 cm³/mol. The maximum Gasteiger partial charge on any atom is 0.305 e. The van der Waals surface area contributed by atoms with Gasteiger partial charge in [-0.2, -0.15) is 0 Å². The minimum absolute atomic E-state index is 0.101. The first-order valence-electron chi connectivity index (χ1n) is 5.56. The molecule has 0 saturated carbocycles. The highest BCUT2D eigenvalue weighted by Crippen LogP contribution is 2.28. The van der Waals surface area contributed by atoms with Crippen LogP contribution in [0.1, 0.15) is 24.5 Å². The summed E-state index contributed by atoms with van der Waals surface area (Å²) in [5.41, 5.74) is 0.537. The maximum absolute atomic E-state index is 12.0. The Morgan fingerprint density at radius 2 is 1.67 bits per heavy atom. The quantitative estimate of drug-likeness (QED) is 0.728. The predicted octanol–water partition coefficient (Wildman–Crippen LogP) is 2.13. The Labute approximate surface area is 106 Å². The van der Waals surface area contributed by atoms with Gasteiger partial charge in [0.1, 0.15) is 17.6 Å². The van der Waals surface area contributed by atoms with Crippen LogP contribution in [0.4, 0.5) is 0 Å². The van der Waals surface area contributed by atoms with Crippen LogP contribution in [0, 0.1) is 0 Å². The molecule has 18 heavy (non-hydrogen) atoms. The fourth-order valence-corrected chi connectivity index (χ4v) is 1.53. The molecule has 0 amide bonds. The first-order chi connectivity index (χ1) is 8.60. The lowest BCUT2D eigenvalue weighted by Gasteiger charge is -2.11. The Morgan fingerprint density at radius 1 is 1.11 bits per heavy atom. The highest BCUT2D eigenvalue weighted by molar-refractivity contribution is 5.69. The van der Waals surface area contributed by atoms with Gasteiger partial charge in [-0.1, -0.05) is 0 Å². The van der Waals surface area contributed by atoms with Gasteiger partial charge < -0.3 is 14.2 Å². The number of rotatable bonds is 6. The number of carbonyl (C=O) groups is 1. The first kappa shape index (κ1) is 14.3. The van der Waals surface area contributed by atoms with E-state index in [0.29, 0.717) is 17.1 Å². The molecule has 0 spiro atoms. The molecule has 0 aliphatic carbocycles. The maximum atomic E-state index is 12.0. The Morgan fingerprint density at radius 3 is 2.11 bits per heavy atom. The normalized spacial score (nSPS) is 11.8. The van der Waals surface area contributed by atoms with Crippen molar-refractivity contribution in [3.8, 4) is 11.5 Å². The van der Waals surface area contributed by atoms with Gasteiger partial charge in [0, 0.05) is 12.5 Å². The van der Waals surface area contributed by atoms with Gasteiger partial charge >= 0.3 is 5.97 Å². The van der Waals surface area contributed by atoms with Crippen LogP contribution in [0.5, 0.6) is 11.5 Å². The Bertz CT molecular complexity index is 380. The molecule has 0 bridgehead atoms. The van der Waals surface area contributed by atoms with Crippen LogP contribution in [0.3, 0.4) is 0 Å². The van der Waals surface area contributed by atoms with Gasteiger partial charge in [0.25, 0.3) is 0 Å². The summed E-state index contributed by atoms with van der Waals surface area (Å²) >= 11 is 0. The van der Waals surface area contributed by atoms with Crippen molar-refractivity contribution in [2.24, 2.45) is 0 Å². The first-order valence-corrected chi connectivity index (χ1v) is 5.56. The van der Waals surface area contributed by atoms with Gasteiger partial charge in [0.15, 0.2) is 0 Å². The molecule has 0 aliphatic rings. The number of carbonyl (C=O) groups excluding carboxylic acids is 1. The number of hydrogen-bond donors (Lipinski definition) is 0. The summed E-state index contributed by atoms with van der Waals surface area (Å²) in [5.74, 6) is 0.734. The Kier molecular flexibility index (Phi) is 5.45. The van der Waals surface area contributed by atoms with Crippen LogP contribution in [0.15, 0.2) is 18.2 Å². The van der Waals surface area contributed by atoms with Crippen LogP contribution in [0.25, 0.3) is 0 Å². The summed E-state index contributed by atoms with van der Waals surface area (Å²) < 4.78 is 14.7. The molecule has 5 nitrogen and oxygen atoms in total.